The Balaban J connectivity index is 0.00000361. The molecule has 0 aliphatic carbocycles. The van der Waals surface area contributed by atoms with E-state index in [4.69, 9.17) is 4.74 Å². The minimum atomic E-state index is 0. The standard InChI is InChI=1S/C13H24N4OS.HI/c1-4-14-13(15-7-5-9-18-3)16-8-6-12-10-19-11(2)17-12;/h10H,4-9H2,1-3H3,(H2,14,15,16);1H. The zero-order chi connectivity index (χ0) is 13.9. The fraction of sp³-hybridized carbons (Fsp3) is 0.692. The van der Waals surface area contributed by atoms with E-state index < -0.39 is 0 Å². The van der Waals surface area contributed by atoms with Gasteiger partial charge < -0.3 is 15.4 Å². The summed E-state index contributed by atoms with van der Waals surface area (Å²) in [5.41, 5.74) is 1.14. The molecule has 0 unspecified atom stereocenters. The average Bonchev–Trinajstić information content (AvgIpc) is 2.80. The lowest BCUT2D eigenvalue weighted by atomic mass is 10.3. The molecular formula is C13H25IN4OS. The van der Waals surface area contributed by atoms with Crippen LogP contribution in [-0.4, -0.2) is 44.3 Å². The van der Waals surface area contributed by atoms with Crippen LogP contribution in [0.2, 0.25) is 0 Å². The molecule has 0 aliphatic rings. The second kappa shape index (κ2) is 12.3. The topological polar surface area (TPSA) is 58.5 Å². The molecule has 0 radical (unpaired) electrons. The molecule has 0 aromatic carbocycles. The summed E-state index contributed by atoms with van der Waals surface area (Å²) in [5, 5.41) is 9.78. The molecule has 0 atom stereocenters. The SMILES string of the molecule is CCNC(=NCCCOC)NCCc1csc(C)n1.I. The Kier molecular flexibility index (Phi) is 12.1. The number of methoxy groups -OCH3 is 1. The molecule has 2 N–H and O–H groups in total. The van der Waals surface area contributed by atoms with E-state index in [0.29, 0.717) is 0 Å². The van der Waals surface area contributed by atoms with Crippen molar-refractivity contribution in [2.24, 2.45) is 4.99 Å². The van der Waals surface area contributed by atoms with Gasteiger partial charge in [0, 0.05) is 45.2 Å². The normalized spacial score (nSPS) is 11.1. The number of aryl methyl sites for hydroxylation is 1. The number of aliphatic imine (C=N–C) groups is 1. The number of halogens is 1. The fourth-order valence-corrected chi connectivity index (χ4v) is 2.22. The summed E-state index contributed by atoms with van der Waals surface area (Å²) in [5.74, 6) is 0.866. The number of guanidine groups is 1. The number of hydrogen-bond acceptors (Lipinski definition) is 4. The van der Waals surface area contributed by atoms with Gasteiger partial charge in [0.05, 0.1) is 10.7 Å². The maximum Gasteiger partial charge on any atom is 0.191 e. The summed E-state index contributed by atoms with van der Waals surface area (Å²) in [7, 11) is 1.71. The van der Waals surface area contributed by atoms with Crippen molar-refractivity contribution in [3.8, 4) is 0 Å². The van der Waals surface area contributed by atoms with Gasteiger partial charge in [-0.3, -0.25) is 4.99 Å². The van der Waals surface area contributed by atoms with E-state index in [1.54, 1.807) is 18.4 Å². The first-order chi connectivity index (χ1) is 9.26. The van der Waals surface area contributed by atoms with Crippen molar-refractivity contribution in [2.75, 3.05) is 33.4 Å². The summed E-state index contributed by atoms with van der Waals surface area (Å²) in [6.07, 6.45) is 1.87. The molecular weight excluding hydrogens is 387 g/mol. The van der Waals surface area contributed by atoms with Crippen LogP contribution in [0.3, 0.4) is 0 Å². The molecule has 0 saturated carbocycles. The Bertz CT molecular complexity index is 384. The van der Waals surface area contributed by atoms with Crippen LogP contribution in [0.25, 0.3) is 0 Å². The van der Waals surface area contributed by atoms with E-state index >= 15 is 0 Å². The summed E-state index contributed by atoms with van der Waals surface area (Å²) < 4.78 is 5.01. The molecule has 5 nitrogen and oxygen atoms in total. The van der Waals surface area contributed by atoms with Crippen molar-refractivity contribution in [3.63, 3.8) is 0 Å². The lowest BCUT2D eigenvalue weighted by Crippen LogP contribution is -2.38. The molecule has 0 bridgehead atoms. The number of nitrogens with one attached hydrogen (secondary N) is 2. The Labute approximate surface area is 142 Å². The van der Waals surface area contributed by atoms with Gasteiger partial charge in [-0.05, 0) is 20.3 Å². The van der Waals surface area contributed by atoms with Crippen LogP contribution >= 0.6 is 35.3 Å². The van der Waals surface area contributed by atoms with Gasteiger partial charge in [-0.15, -0.1) is 35.3 Å². The predicted molar refractivity (Wildman–Crippen MR) is 96.4 cm³/mol. The van der Waals surface area contributed by atoms with Crippen LogP contribution < -0.4 is 10.6 Å². The van der Waals surface area contributed by atoms with Crippen LogP contribution in [-0.2, 0) is 11.2 Å². The van der Waals surface area contributed by atoms with Crippen LogP contribution in [0.15, 0.2) is 10.4 Å². The van der Waals surface area contributed by atoms with Crippen molar-refractivity contribution in [3.05, 3.63) is 16.1 Å². The number of rotatable bonds is 8. The maximum atomic E-state index is 5.01. The second-order valence-electron chi connectivity index (χ2n) is 4.14. The van der Waals surface area contributed by atoms with Crippen molar-refractivity contribution in [2.45, 2.75) is 26.7 Å². The van der Waals surface area contributed by atoms with Crippen molar-refractivity contribution >= 4 is 41.3 Å². The second-order valence-corrected chi connectivity index (χ2v) is 5.20. The number of hydrogen-bond donors (Lipinski definition) is 2. The van der Waals surface area contributed by atoms with E-state index in [9.17, 15) is 0 Å². The minimum absolute atomic E-state index is 0. The quantitative estimate of drug-likeness (QED) is 0.298. The molecule has 0 spiro atoms. The Hall–Kier alpha value is -0.410. The third-order valence-electron chi connectivity index (χ3n) is 2.46. The largest absolute Gasteiger partial charge is 0.385 e. The molecule has 1 aromatic heterocycles. The molecule has 1 rings (SSSR count). The van der Waals surface area contributed by atoms with Gasteiger partial charge >= 0.3 is 0 Å². The molecule has 0 saturated heterocycles. The zero-order valence-electron chi connectivity index (χ0n) is 12.4. The number of thiazole rings is 1. The van der Waals surface area contributed by atoms with Gasteiger partial charge in [0.25, 0.3) is 0 Å². The fourth-order valence-electron chi connectivity index (χ4n) is 1.57. The molecule has 7 heteroatoms. The summed E-state index contributed by atoms with van der Waals surface area (Å²) >= 11 is 1.69. The van der Waals surface area contributed by atoms with Crippen LogP contribution in [0.1, 0.15) is 24.0 Å². The highest BCUT2D eigenvalue weighted by Crippen LogP contribution is 2.07. The van der Waals surface area contributed by atoms with Crippen LogP contribution in [0, 0.1) is 6.92 Å². The van der Waals surface area contributed by atoms with Gasteiger partial charge in [0.1, 0.15) is 0 Å². The van der Waals surface area contributed by atoms with Gasteiger partial charge in [0.2, 0.25) is 0 Å². The molecule has 1 aromatic rings. The molecule has 0 aliphatic heterocycles. The third-order valence-corrected chi connectivity index (χ3v) is 3.28. The zero-order valence-corrected chi connectivity index (χ0v) is 15.6. The maximum absolute atomic E-state index is 5.01. The molecule has 1 heterocycles. The smallest absolute Gasteiger partial charge is 0.191 e. The number of nitrogens with zero attached hydrogens (tertiary/aromatic N) is 2. The lowest BCUT2D eigenvalue weighted by molar-refractivity contribution is 0.197. The number of aromatic nitrogens is 1. The van der Waals surface area contributed by atoms with Gasteiger partial charge in [0.15, 0.2) is 5.96 Å². The highest BCUT2D eigenvalue weighted by Gasteiger charge is 2.00. The average molecular weight is 412 g/mol. The Morgan fingerprint density at radius 3 is 2.85 bits per heavy atom. The lowest BCUT2D eigenvalue weighted by Gasteiger charge is -2.10. The monoisotopic (exact) mass is 412 g/mol. The van der Waals surface area contributed by atoms with Gasteiger partial charge in [-0.2, -0.15) is 0 Å². The predicted octanol–water partition coefficient (Wildman–Crippen LogP) is 2.20. The molecule has 20 heavy (non-hydrogen) atoms. The van der Waals surface area contributed by atoms with Crippen molar-refractivity contribution in [1.82, 2.24) is 15.6 Å². The third kappa shape index (κ3) is 8.70. The van der Waals surface area contributed by atoms with E-state index in [0.717, 1.165) is 55.7 Å². The van der Waals surface area contributed by atoms with Crippen molar-refractivity contribution < 1.29 is 4.74 Å². The summed E-state index contributed by atoms with van der Waals surface area (Å²) in [6, 6.07) is 0. The first-order valence-corrected chi connectivity index (χ1v) is 7.56. The van der Waals surface area contributed by atoms with E-state index in [1.807, 2.05) is 6.92 Å². The molecule has 116 valence electrons. The first-order valence-electron chi connectivity index (χ1n) is 6.68. The highest BCUT2D eigenvalue weighted by atomic mass is 127. The van der Waals surface area contributed by atoms with Crippen molar-refractivity contribution in [1.29, 1.82) is 0 Å². The molecule has 0 fully saturated rings. The van der Waals surface area contributed by atoms with Gasteiger partial charge in [-0.1, -0.05) is 0 Å². The molecule has 0 amide bonds. The Morgan fingerprint density at radius 2 is 2.25 bits per heavy atom. The Morgan fingerprint density at radius 1 is 1.45 bits per heavy atom. The number of ether oxygens (including phenoxy) is 1. The summed E-state index contributed by atoms with van der Waals surface area (Å²) in [6.45, 7) is 7.34. The van der Waals surface area contributed by atoms with E-state index in [1.165, 1.54) is 0 Å². The highest BCUT2D eigenvalue weighted by molar-refractivity contribution is 14.0. The van der Waals surface area contributed by atoms with Crippen LogP contribution in [0.4, 0.5) is 0 Å². The minimum Gasteiger partial charge on any atom is -0.385 e. The van der Waals surface area contributed by atoms with Gasteiger partial charge in [-0.25, -0.2) is 4.98 Å². The van der Waals surface area contributed by atoms with E-state index in [-0.39, 0.29) is 24.0 Å². The van der Waals surface area contributed by atoms with E-state index in [2.05, 4.69) is 32.9 Å². The summed E-state index contributed by atoms with van der Waals surface area (Å²) in [4.78, 5) is 8.93. The first kappa shape index (κ1) is 19.6. The van der Waals surface area contributed by atoms with Crippen LogP contribution in [0.5, 0.6) is 0 Å².